The minimum Gasteiger partial charge on any atom is -0.369 e. The maximum Gasteiger partial charge on any atom is 0.247 e. The summed E-state index contributed by atoms with van der Waals surface area (Å²) in [6, 6.07) is 1.64. The average Bonchev–Trinajstić information content (AvgIpc) is 2.43. The molecule has 0 radical (unpaired) electrons. The van der Waals surface area contributed by atoms with Gasteiger partial charge in [0.15, 0.2) is 0 Å². The fourth-order valence-corrected chi connectivity index (χ4v) is 5.08. The molecule has 7 heteroatoms. The second-order valence-electron chi connectivity index (χ2n) is 5.51. The van der Waals surface area contributed by atoms with Gasteiger partial charge in [0, 0.05) is 29.8 Å². The van der Waals surface area contributed by atoms with E-state index in [1.54, 1.807) is 16.6 Å². The third-order valence-electron chi connectivity index (χ3n) is 4.07. The summed E-state index contributed by atoms with van der Waals surface area (Å²) in [6.07, 6.45) is 3.59. The number of aromatic nitrogens is 1. The number of sulfonamides is 1. The largest absolute Gasteiger partial charge is 0.369 e. The van der Waals surface area contributed by atoms with E-state index in [1.807, 2.05) is 13.8 Å². The molecule has 2 unspecified atom stereocenters. The number of halogens is 1. The van der Waals surface area contributed by atoms with Gasteiger partial charge in [0.2, 0.25) is 10.0 Å². The van der Waals surface area contributed by atoms with Crippen LogP contribution in [0.4, 0.5) is 5.82 Å². The van der Waals surface area contributed by atoms with Gasteiger partial charge < -0.3 is 5.32 Å². The zero-order chi connectivity index (χ0) is 15.6. The summed E-state index contributed by atoms with van der Waals surface area (Å²) in [5, 5.41) is 3.04. The van der Waals surface area contributed by atoms with Crippen LogP contribution in [0, 0.1) is 5.92 Å². The van der Waals surface area contributed by atoms with Crippen molar-refractivity contribution in [1.29, 1.82) is 0 Å². The van der Waals surface area contributed by atoms with Crippen LogP contribution >= 0.6 is 15.9 Å². The Morgan fingerprint density at radius 3 is 2.86 bits per heavy atom. The zero-order valence-electron chi connectivity index (χ0n) is 12.6. The lowest BCUT2D eigenvalue weighted by atomic mass is 9.94. The summed E-state index contributed by atoms with van der Waals surface area (Å²) in [5.74, 6) is 0.794. The van der Waals surface area contributed by atoms with E-state index in [4.69, 9.17) is 0 Å². The number of hydrogen-bond donors (Lipinski definition) is 1. The van der Waals surface area contributed by atoms with E-state index in [2.05, 4.69) is 33.2 Å². The van der Waals surface area contributed by atoms with Crippen LogP contribution in [-0.4, -0.2) is 36.8 Å². The maximum absolute atomic E-state index is 13.0. The molecule has 0 aromatic carbocycles. The lowest BCUT2D eigenvalue weighted by Gasteiger charge is -2.37. The minimum atomic E-state index is -3.54. The summed E-state index contributed by atoms with van der Waals surface area (Å²) < 4.78 is 28.3. The first-order valence-electron chi connectivity index (χ1n) is 7.29. The lowest BCUT2D eigenvalue weighted by Crippen LogP contribution is -2.46. The first kappa shape index (κ1) is 16.7. The number of nitrogens with one attached hydrogen (secondary N) is 1. The monoisotopic (exact) mass is 375 g/mol. The highest BCUT2D eigenvalue weighted by atomic mass is 79.9. The van der Waals surface area contributed by atoms with E-state index in [1.165, 1.54) is 0 Å². The van der Waals surface area contributed by atoms with Crippen LogP contribution in [0.1, 0.15) is 33.6 Å². The van der Waals surface area contributed by atoms with Gasteiger partial charge in [-0.3, -0.25) is 0 Å². The van der Waals surface area contributed by atoms with Crippen molar-refractivity contribution in [2.45, 2.75) is 44.6 Å². The molecule has 21 heavy (non-hydrogen) atoms. The number of hydrogen-bond acceptors (Lipinski definition) is 4. The minimum absolute atomic E-state index is 0.0113. The molecule has 0 aliphatic carbocycles. The molecule has 1 aromatic rings. The second kappa shape index (κ2) is 6.62. The third-order valence-corrected chi connectivity index (χ3v) is 6.50. The second-order valence-corrected chi connectivity index (χ2v) is 8.28. The Labute approximate surface area is 135 Å². The maximum atomic E-state index is 13.0. The standard InChI is InChI=1S/C14H22BrN3O2S/c1-4-16-14-13(8-12(15)9-17-14)21(19,20)18-7-5-6-10(2)11(18)3/h8-11H,4-7H2,1-3H3,(H,16,17). The van der Waals surface area contributed by atoms with Crippen molar-refractivity contribution in [1.82, 2.24) is 9.29 Å². The molecule has 0 amide bonds. The molecule has 1 aliphatic heterocycles. The Bertz CT molecular complexity index is 606. The number of piperidine rings is 1. The van der Waals surface area contributed by atoms with Gasteiger partial charge in [-0.1, -0.05) is 6.92 Å². The van der Waals surface area contributed by atoms with Gasteiger partial charge in [0.1, 0.15) is 10.7 Å². The molecule has 2 heterocycles. The number of nitrogens with zero attached hydrogens (tertiary/aromatic N) is 2. The molecule has 2 atom stereocenters. The molecule has 118 valence electrons. The van der Waals surface area contributed by atoms with Gasteiger partial charge in [0.05, 0.1) is 0 Å². The van der Waals surface area contributed by atoms with Crippen LogP contribution in [0.25, 0.3) is 0 Å². The van der Waals surface area contributed by atoms with Crippen LogP contribution in [-0.2, 0) is 10.0 Å². The smallest absolute Gasteiger partial charge is 0.247 e. The van der Waals surface area contributed by atoms with Gasteiger partial charge in [-0.15, -0.1) is 0 Å². The molecule has 1 fully saturated rings. The van der Waals surface area contributed by atoms with Gasteiger partial charge in [-0.05, 0) is 54.6 Å². The highest BCUT2D eigenvalue weighted by molar-refractivity contribution is 9.10. The van der Waals surface area contributed by atoms with Crippen LogP contribution in [0.3, 0.4) is 0 Å². The summed E-state index contributed by atoms with van der Waals surface area (Å²) >= 11 is 3.32. The predicted molar refractivity (Wildman–Crippen MR) is 87.9 cm³/mol. The molecule has 5 nitrogen and oxygen atoms in total. The Hall–Kier alpha value is -0.660. The van der Waals surface area contributed by atoms with Crippen LogP contribution in [0.2, 0.25) is 0 Å². The number of rotatable bonds is 4. The fraction of sp³-hybridized carbons (Fsp3) is 0.643. The first-order valence-corrected chi connectivity index (χ1v) is 9.52. The Balaban J connectivity index is 2.45. The fourth-order valence-electron chi connectivity index (χ4n) is 2.68. The van der Waals surface area contributed by atoms with Crippen molar-refractivity contribution in [2.75, 3.05) is 18.4 Å². The molecular formula is C14H22BrN3O2S. The van der Waals surface area contributed by atoms with Crippen molar-refractivity contribution in [2.24, 2.45) is 5.92 Å². The number of anilines is 1. The predicted octanol–water partition coefficient (Wildman–Crippen LogP) is 3.09. The summed E-state index contributed by atoms with van der Waals surface area (Å²) in [5.41, 5.74) is 0. The molecule has 2 rings (SSSR count). The van der Waals surface area contributed by atoms with E-state index in [9.17, 15) is 8.42 Å². The van der Waals surface area contributed by atoms with Gasteiger partial charge in [-0.25, -0.2) is 13.4 Å². The lowest BCUT2D eigenvalue weighted by molar-refractivity contribution is 0.202. The summed E-state index contributed by atoms with van der Waals surface area (Å²) in [7, 11) is -3.54. The van der Waals surface area contributed by atoms with Crippen LogP contribution in [0.5, 0.6) is 0 Å². The van der Waals surface area contributed by atoms with Crippen molar-refractivity contribution >= 4 is 31.8 Å². The van der Waals surface area contributed by atoms with Gasteiger partial charge in [-0.2, -0.15) is 4.31 Å². The summed E-state index contributed by atoms with van der Waals surface area (Å²) in [6.45, 7) is 7.22. The van der Waals surface area contributed by atoms with Gasteiger partial charge in [0.25, 0.3) is 0 Å². The third kappa shape index (κ3) is 3.40. The average molecular weight is 376 g/mol. The quantitative estimate of drug-likeness (QED) is 0.877. The number of pyridine rings is 1. The molecule has 1 aromatic heterocycles. The zero-order valence-corrected chi connectivity index (χ0v) is 15.0. The Morgan fingerprint density at radius 2 is 2.19 bits per heavy atom. The Kier molecular flexibility index (Phi) is 5.27. The van der Waals surface area contributed by atoms with E-state index in [0.29, 0.717) is 29.3 Å². The van der Waals surface area contributed by atoms with E-state index >= 15 is 0 Å². The van der Waals surface area contributed by atoms with Crippen molar-refractivity contribution in [3.05, 3.63) is 16.7 Å². The highest BCUT2D eigenvalue weighted by Gasteiger charge is 2.36. The highest BCUT2D eigenvalue weighted by Crippen LogP contribution is 2.32. The van der Waals surface area contributed by atoms with Crippen molar-refractivity contribution in [3.8, 4) is 0 Å². The van der Waals surface area contributed by atoms with Crippen molar-refractivity contribution < 1.29 is 8.42 Å². The normalized spacial score (nSPS) is 24.0. The SMILES string of the molecule is CCNc1ncc(Br)cc1S(=O)(=O)N1CCCC(C)C1C. The topological polar surface area (TPSA) is 62.3 Å². The molecule has 0 bridgehead atoms. The van der Waals surface area contributed by atoms with E-state index in [0.717, 1.165) is 12.8 Å². The van der Waals surface area contributed by atoms with Gasteiger partial charge >= 0.3 is 0 Å². The Morgan fingerprint density at radius 1 is 1.48 bits per heavy atom. The van der Waals surface area contributed by atoms with E-state index < -0.39 is 10.0 Å². The molecule has 0 saturated carbocycles. The molecule has 0 spiro atoms. The summed E-state index contributed by atoms with van der Waals surface area (Å²) in [4.78, 5) is 4.46. The molecular weight excluding hydrogens is 354 g/mol. The van der Waals surface area contributed by atoms with Crippen LogP contribution in [0.15, 0.2) is 21.6 Å². The molecule has 1 aliphatic rings. The first-order chi connectivity index (χ1) is 9.87. The molecule has 1 saturated heterocycles. The van der Waals surface area contributed by atoms with Crippen LogP contribution < -0.4 is 5.32 Å². The van der Waals surface area contributed by atoms with Crippen molar-refractivity contribution in [3.63, 3.8) is 0 Å². The molecule has 1 N–H and O–H groups in total. The van der Waals surface area contributed by atoms with E-state index in [-0.39, 0.29) is 10.9 Å².